The number of hydrogen-bond acceptors (Lipinski definition) is 4. The van der Waals surface area contributed by atoms with Crippen LogP contribution in [0.5, 0.6) is 0 Å². The lowest BCUT2D eigenvalue weighted by atomic mass is 10.1. The average molecular weight is 425 g/mol. The number of fused-ring (bicyclic) bond motifs is 1. The van der Waals surface area contributed by atoms with Crippen molar-refractivity contribution in [3.8, 4) is 0 Å². The van der Waals surface area contributed by atoms with Gasteiger partial charge in [-0.15, -0.1) is 5.10 Å². The minimum absolute atomic E-state index is 0.132. The van der Waals surface area contributed by atoms with Crippen molar-refractivity contribution in [2.75, 3.05) is 6.54 Å². The van der Waals surface area contributed by atoms with Gasteiger partial charge in [0.2, 0.25) is 0 Å². The number of para-hydroxylation sites is 1. The largest absolute Gasteiger partial charge is 0.343 e. The van der Waals surface area contributed by atoms with E-state index in [1.807, 2.05) is 12.1 Å². The van der Waals surface area contributed by atoms with Crippen molar-refractivity contribution in [3.63, 3.8) is 0 Å². The predicted molar refractivity (Wildman–Crippen MR) is 102 cm³/mol. The molecule has 8 heteroatoms. The Morgan fingerprint density at radius 1 is 1.15 bits per heavy atom. The second-order valence-corrected chi connectivity index (χ2v) is 6.40. The van der Waals surface area contributed by atoms with Crippen molar-refractivity contribution in [1.29, 1.82) is 0 Å². The van der Waals surface area contributed by atoms with Crippen LogP contribution >= 0.6 is 15.9 Å². The molecular weight excluding hydrogens is 412 g/mol. The second kappa shape index (κ2) is 8.35. The van der Waals surface area contributed by atoms with E-state index in [1.165, 1.54) is 0 Å². The van der Waals surface area contributed by atoms with E-state index in [4.69, 9.17) is 0 Å². The van der Waals surface area contributed by atoms with Crippen LogP contribution < -0.4 is 21.3 Å². The third kappa shape index (κ3) is 4.84. The topological polar surface area (TPSA) is 100.0 Å². The molecule has 0 aliphatic carbocycles. The van der Waals surface area contributed by atoms with Crippen molar-refractivity contribution < 1.29 is 14.4 Å². The fourth-order valence-electron chi connectivity index (χ4n) is 2.26. The van der Waals surface area contributed by atoms with Gasteiger partial charge in [-0.3, -0.25) is 14.4 Å². The van der Waals surface area contributed by atoms with Gasteiger partial charge in [0.15, 0.2) is 0 Å². The summed E-state index contributed by atoms with van der Waals surface area (Å²) in [4.78, 5) is 39.6. The van der Waals surface area contributed by atoms with E-state index in [-0.39, 0.29) is 18.0 Å². The summed E-state index contributed by atoms with van der Waals surface area (Å²) in [5, 5.41) is 7.44. The Morgan fingerprint density at radius 2 is 1.96 bits per heavy atom. The Balaban J connectivity index is 1.60. The quantitative estimate of drug-likeness (QED) is 0.423. The van der Waals surface area contributed by atoms with Gasteiger partial charge in [-0.1, -0.05) is 40.2 Å². The van der Waals surface area contributed by atoms with Crippen LogP contribution in [0.4, 0.5) is 0 Å². The highest BCUT2D eigenvalue weighted by Gasteiger charge is 2.10. The van der Waals surface area contributed by atoms with E-state index in [1.54, 1.807) is 42.5 Å². The first kappa shape index (κ1) is 18.4. The van der Waals surface area contributed by atoms with E-state index in [2.05, 4.69) is 42.6 Å². The molecule has 2 N–H and O–H groups in total. The lowest BCUT2D eigenvalue weighted by Gasteiger charge is -2.04. The Labute approximate surface area is 162 Å². The van der Waals surface area contributed by atoms with Crippen LogP contribution in [-0.2, 0) is 9.59 Å². The average Bonchev–Trinajstić information content (AvgIpc) is 2.66. The van der Waals surface area contributed by atoms with E-state index in [9.17, 15) is 14.4 Å². The van der Waals surface area contributed by atoms with E-state index in [0.29, 0.717) is 10.9 Å². The third-order valence-electron chi connectivity index (χ3n) is 3.54. The van der Waals surface area contributed by atoms with Crippen LogP contribution in [0.1, 0.15) is 10.4 Å². The maximum absolute atomic E-state index is 12.0. The number of halogens is 1. The first-order chi connectivity index (χ1) is 13.0. The van der Waals surface area contributed by atoms with Gasteiger partial charge >= 0.3 is 0 Å². The predicted octanol–water partition coefficient (Wildman–Crippen LogP) is 0.447. The number of carbonyl (C=O) groups excluding carboxylic acids is 3. The molecule has 1 heterocycles. The summed E-state index contributed by atoms with van der Waals surface area (Å²) in [6.45, 7) is -0.267. The van der Waals surface area contributed by atoms with Gasteiger partial charge in [-0.2, -0.15) is 0 Å². The SMILES string of the molecule is O=C(CNC(=O)c1cccc(Br)c1)NN=C=C1C=c2ccccc2=NC1=O. The van der Waals surface area contributed by atoms with Crippen molar-refractivity contribution in [3.05, 3.63) is 74.7 Å². The van der Waals surface area contributed by atoms with Crippen molar-refractivity contribution in [1.82, 2.24) is 10.7 Å². The van der Waals surface area contributed by atoms with Gasteiger partial charge < -0.3 is 5.32 Å². The van der Waals surface area contributed by atoms with Gasteiger partial charge in [0.1, 0.15) is 5.57 Å². The molecule has 2 aromatic rings. The molecule has 0 saturated heterocycles. The van der Waals surface area contributed by atoms with Crippen molar-refractivity contribution in [2.45, 2.75) is 0 Å². The number of nitrogens with zero attached hydrogens (tertiary/aromatic N) is 2. The molecule has 0 spiro atoms. The number of rotatable bonds is 4. The maximum atomic E-state index is 12.0. The molecule has 1 aliphatic heterocycles. The Bertz CT molecular complexity index is 1120. The fraction of sp³-hybridized carbons (Fsp3) is 0.0526. The molecule has 0 aromatic heterocycles. The van der Waals surface area contributed by atoms with Gasteiger partial charge in [0.05, 0.1) is 11.9 Å². The first-order valence-electron chi connectivity index (χ1n) is 7.88. The van der Waals surface area contributed by atoms with Crippen molar-refractivity contribution >= 4 is 45.6 Å². The zero-order chi connectivity index (χ0) is 19.2. The van der Waals surface area contributed by atoms with Crippen LogP contribution in [0.2, 0.25) is 0 Å². The number of carbonyl (C=O) groups is 3. The van der Waals surface area contributed by atoms with Crippen LogP contribution in [0.15, 0.2) is 68.7 Å². The van der Waals surface area contributed by atoms with E-state index < -0.39 is 11.8 Å². The molecular formula is C19H13BrN4O3. The molecule has 134 valence electrons. The summed E-state index contributed by atoms with van der Waals surface area (Å²) in [6.07, 6.45) is 1.59. The van der Waals surface area contributed by atoms with Crippen molar-refractivity contribution in [2.24, 2.45) is 10.1 Å². The molecule has 0 atom stereocenters. The highest BCUT2D eigenvalue weighted by Crippen LogP contribution is 2.11. The molecule has 0 fully saturated rings. The molecule has 2 aromatic carbocycles. The standard InChI is InChI=1S/C19H13BrN4O3/c20-15-6-3-5-13(9-15)18(26)21-11-17(25)24-22-10-14-8-12-4-1-2-7-16(12)23-19(14)27/h1-9H,11H2,(H,21,26)(H,24,25). The zero-order valence-electron chi connectivity index (χ0n) is 13.9. The number of nitrogens with one attached hydrogen (secondary N) is 2. The first-order valence-corrected chi connectivity index (χ1v) is 8.67. The lowest BCUT2D eigenvalue weighted by molar-refractivity contribution is -0.120. The molecule has 3 rings (SSSR count). The van der Waals surface area contributed by atoms with E-state index in [0.717, 1.165) is 9.69 Å². The summed E-state index contributed by atoms with van der Waals surface area (Å²) in [5.41, 5.74) is 2.76. The van der Waals surface area contributed by atoms with E-state index >= 15 is 0 Å². The second-order valence-electron chi connectivity index (χ2n) is 5.49. The molecule has 0 bridgehead atoms. The molecule has 0 unspecified atom stereocenters. The molecule has 0 saturated carbocycles. The highest BCUT2D eigenvalue weighted by atomic mass is 79.9. The molecule has 0 radical (unpaired) electrons. The highest BCUT2D eigenvalue weighted by molar-refractivity contribution is 9.10. The number of hydrogen-bond donors (Lipinski definition) is 2. The Hall–Kier alpha value is -3.35. The molecule has 1 aliphatic rings. The smallest absolute Gasteiger partial charge is 0.287 e. The van der Waals surface area contributed by atoms with Crippen LogP contribution in [0, 0.1) is 0 Å². The van der Waals surface area contributed by atoms with Gasteiger partial charge in [-0.25, -0.2) is 10.4 Å². The molecule has 7 nitrogen and oxygen atoms in total. The summed E-state index contributed by atoms with van der Waals surface area (Å²) < 4.78 is 0.760. The Kier molecular flexibility index (Phi) is 5.71. The van der Waals surface area contributed by atoms with Gasteiger partial charge in [0.25, 0.3) is 17.7 Å². The lowest BCUT2D eigenvalue weighted by Crippen LogP contribution is -2.34. The minimum atomic E-state index is -0.549. The van der Waals surface area contributed by atoms with Crippen LogP contribution in [0.25, 0.3) is 6.08 Å². The molecule has 3 amide bonds. The summed E-state index contributed by atoms with van der Waals surface area (Å²) in [7, 11) is 0. The summed E-state index contributed by atoms with van der Waals surface area (Å²) >= 11 is 3.27. The number of hydrazone groups is 1. The summed E-state index contributed by atoms with van der Waals surface area (Å²) in [5.74, 6) is 1.03. The third-order valence-corrected chi connectivity index (χ3v) is 4.04. The monoisotopic (exact) mass is 424 g/mol. The number of amides is 3. The van der Waals surface area contributed by atoms with Crippen LogP contribution in [-0.4, -0.2) is 30.1 Å². The fourth-order valence-corrected chi connectivity index (χ4v) is 2.66. The maximum Gasteiger partial charge on any atom is 0.287 e. The summed E-state index contributed by atoms with van der Waals surface area (Å²) in [6, 6.07) is 13.9. The zero-order valence-corrected chi connectivity index (χ0v) is 15.5. The number of benzene rings is 2. The minimum Gasteiger partial charge on any atom is -0.343 e. The normalized spacial score (nSPS) is 12.0. The molecule has 27 heavy (non-hydrogen) atoms. The Morgan fingerprint density at radius 3 is 2.78 bits per heavy atom. The van der Waals surface area contributed by atoms with Gasteiger partial charge in [-0.05, 0) is 30.3 Å². The van der Waals surface area contributed by atoms with Gasteiger partial charge in [0, 0.05) is 21.1 Å². The van der Waals surface area contributed by atoms with Crippen LogP contribution in [0.3, 0.4) is 0 Å².